The highest BCUT2D eigenvalue weighted by molar-refractivity contribution is 6.74. The summed E-state index contributed by atoms with van der Waals surface area (Å²) < 4.78 is 13.9. The minimum Gasteiger partial charge on any atom is -0.417 e. The first kappa shape index (κ1) is 34.8. The maximum Gasteiger partial charge on any atom is 0.192 e. The molecule has 1 saturated carbocycles. The number of hydrogen-bond acceptors (Lipinski definition) is 3. The first-order chi connectivity index (χ1) is 17.5. The Balaban J connectivity index is 2.31. The number of rotatable bonds is 10. The van der Waals surface area contributed by atoms with E-state index >= 15 is 0 Å². The molecule has 0 aromatic heterocycles. The lowest BCUT2D eigenvalue weighted by molar-refractivity contribution is 0.0310. The molecule has 3 nitrogen and oxygen atoms in total. The van der Waals surface area contributed by atoms with Gasteiger partial charge in [-0.05, 0) is 106 Å². The molecule has 39 heavy (non-hydrogen) atoms. The number of fused-ring (bicyclic) bond motifs is 1. The summed E-state index contributed by atoms with van der Waals surface area (Å²) in [6.45, 7) is 33.2. The van der Waals surface area contributed by atoms with Crippen molar-refractivity contribution >= 4 is 16.6 Å². The van der Waals surface area contributed by atoms with Crippen LogP contribution < -0.4 is 0 Å². The monoisotopic (exact) mass is 576 g/mol. The highest BCUT2D eigenvalue weighted by atomic mass is 28.4. The SMILES string of the molecule is C[C@H](CO[Si](C)(C)C(C)(C)C)[C@H]1CC[C@H]2[C@@H](O[Si](C)(C)C(C)(C)C)CC=C(C#CCCCCC(C)(C)O)[C@]12C. The van der Waals surface area contributed by atoms with Crippen LogP contribution in [0.15, 0.2) is 11.6 Å². The lowest BCUT2D eigenvalue weighted by Crippen LogP contribution is -2.50. The molecular formula is C34H64O3Si2. The van der Waals surface area contributed by atoms with Crippen molar-refractivity contribution in [2.45, 2.75) is 162 Å². The van der Waals surface area contributed by atoms with Crippen LogP contribution in [0, 0.1) is 35.0 Å². The van der Waals surface area contributed by atoms with E-state index in [4.69, 9.17) is 8.85 Å². The molecule has 226 valence electrons. The van der Waals surface area contributed by atoms with Crippen molar-refractivity contribution < 1.29 is 14.0 Å². The summed E-state index contributed by atoms with van der Waals surface area (Å²) >= 11 is 0. The van der Waals surface area contributed by atoms with Gasteiger partial charge in [0.1, 0.15) is 0 Å². The van der Waals surface area contributed by atoms with Crippen LogP contribution in [-0.2, 0) is 8.85 Å². The Morgan fingerprint density at radius 2 is 1.56 bits per heavy atom. The maximum absolute atomic E-state index is 10.0. The second-order valence-electron chi connectivity index (χ2n) is 16.7. The number of aliphatic hydroxyl groups is 1. The van der Waals surface area contributed by atoms with Gasteiger partial charge in [0, 0.05) is 24.0 Å². The summed E-state index contributed by atoms with van der Waals surface area (Å²) in [5.41, 5.74) is 0.798. The van der Waals surface area contributed by atoms with Crippen molar-refractivity contribution in [3.05, 3.63) is 11.6 Å². The van der Waals surface area contributed by atoms with Crippen molar-refractivity contribution in [2.24, 2.45) is 23.2 Å². The van der Waals surface area contributed by atoms with Crippen molar-refractivity contribution in [2.75, 3.05) is 6.61 Å². The van der Waals surface area contributed by atoms with Crippen LogP contribution in [0.1, 0.15) is 114 Å². The standard InChI is InChI=1S/C34H64O3Si2/c1-26(25-36-38(11,12)31(2,3)4)28-21-22-29-30(37-39(13,14)32(5,6)7)23-20-27(34(28,29)10)19-17-15-16-18-24-33(8,9)35/h20,26,28-30,35H,15-16,18,21-25H2,1-14H3/t26-,28-,29+,30+,34-/m1/s1. The van der Waals surface area contributed by atoms with E-state index in [1.165, 1.54) is 18.4 Å². The molecule has 5 heteroatoms. The Hall–Kier alpha value is -0.386. The van der Waals surface area contributed by atoms with Crippen LogP contribution in [0.2, 0.25) is 36.3 Å². The Labute approximate surface area is 245 Å². The van der Waals surface area contributed by atoms with Gasteiger partial charge in [0.05, 0.1) is 11.7 Å². The fourth-order valence-corrected chi connectivity index (χ4v) is 8.65. The van der Waals surface area contributed by atoms with Crippen molar-refractivity contribution in [1.82, 2.24) is 0 Å². The fourth-order valence-electron chi connectivity index (χ4n) is 6.17. The second-order valence-corrected chi connectivity index (χ2v) is 26.3. The summed E-state index contributed by atoms with van der Waals surface area (Å²) in [7, 11) is -3.67. The lowest BCUT2D eigenvalue weighted by atomic mass is 9.61. The van der Waals surface area contributed by atoms with E-state index in [0.717, 1.165) is 38.7 Å². The average molecular weight is 577 g/mol. The van der Waals surface area contributed by atoms with E-state index in [0.29, 0.717) is 17.8 Å². The van der Waals surface area contributed by atoms with Crippen LogP contribution in [0.3, 0.4) is 0 Å². The number of unbranched alkanes of at least 4 members (excludes halogenated alkanes) is 2. The normalized spacial score (nSPS) is 27.5. The Kier molecular flexibility index (Phi) is 11.1. The highest BCUT2D eigenvalue weighted by Gasteiger charge is 2.56. The summed E-state index contributed by atoms with van der Waals surface area (Å²) in [5.74, 6) is 8.79. The van der Waals surface area contributed by atoms with Crippen LogP contribution >= 0.6 is 0 Å². The van der Waals surface area contributed by atoms with Gasteiger partial charge in [-0.1, -0.05) is 73.3 Å². The molecule has 0 radical (unpaired) electrons. The van der Waals surface area contributed by atoms with Crippen molar-refractivity contribution in [3.8, 4) is 11.8 Å². The molecule has 2 aliphatic rings. The topological polar surface area (TPSA) is 38.7 Å². The van der Waals surface area contributed by atoms with Crippen molar-refractivity contribution in [3.63, 3.8) is 0 Å². The van der Waals surface area contributed by atoms with Crippen molar-refractivity contribution in [1.29, 1.82) is 0 Å². The highest BCUT2D eigenvalue weighted by Crippen LogP contribution is 2.60. The van der Waals surface area contributed by atoms with Gasteiger partial charge in [-0.15, -0.1) is 0 Å². The molecule has 0 amide bonds. The summed E-state index contributed by atoms with van der Waals surface area (Å²) in [4.78, 5) is 0. The van der Waals surface area contributed by atoms with Gasteiger partial charge in [0.15, 0.2) is 16.6 Å². The molecule has 1 fully saturated rings. The van der Waals surface area contributed by atoms with Gasteiger partial charge in [-0.3, -0.25) is 0 Å². The van der Waals surface area contributed by atoms with E-state index in [1.54, 1.807) is 0 Å². The van der Waals surface area contributed by atoms with Crippen LogP contribution in [0.25, 0.3) is 0 Å². The largest absolute Gasteiger partial charge is 0.417 e. The van der Waals surface area contributed by atoms with Gasteiger partial charge in [-0.25, -0.2) is 0 Å². The van der Waals surface area contributed by atoms with Gasteiger partial charge in [-0.2, -0.15) is 0 Å². The lowest BCUT2D eigenvalue weighted by Gasteiger charge is -2.49. The third kappa shape index (κ3) is 8.57. The molecule has 1 N–H and O–H groups in total. The molecule has 0 unspecified atom stereocenters. The summed E-state index contributed by atoms with van der Waals surface area (Å²) in [6.07, 6.45) is 9.94. The van der Waals surface area contributed by atoms with Gasteiger partial charge in [0.25, 0.3) is 0 Å². The molecule has 0 bridgehead atoms. The molecule has 5 atom stereocenters. The molecule has 0 aliphatic heterocycles. The molecule has 0 saturated heterocycles. The molecule has 2 rings (SSSR count). The van der Waals surface area contributed by atoms with Crippen LogP contribution in [0.5, 0.6) is 0 Å². The van der Waals surface area contributed by atoms with Gasteiger partial charge in [0.2, 0.25) is 0 Å². The first-order valence-corrected chi connectivity index (χ1v) is 21.6. The molecule has 0 spiro atoms. The summed E-state index contributed by atoms with van der Waals surface area (Å²) in [5, 5.41) is 10.5. The third-order valence-electron chi connectivity index (χ3n) is 10.9. The smallest absolute Gasteiger partial charge is 0.192 e. The zero-order valence-electron chi connectivity index (χ0n) is 28.3. The number of allylic oxidation sites excluding steroid dienone is 1. The Bertz CT molecular complexity index is 904. The van der Waals surface area contributed by atoms with E-state index in [9.17, 15) is 5.11 Å². The van der Waals surface area contributed by atoms with E-state index in [2.05, 4.69) is 99.5 Å². The zero-order valence-corrected chi connectivity index (χ0v) is 30.3. The maximum atomic E-state index is 10.0. The molecule has 0 heterocycles. The molecule has 0 aromatic rings. The minimum absolute atomic E-state index is 0.0293. The van der Waals surface area contributed by atoms with Gasteiger partial charge < -0.3 is 14.0 Å². The van der Waals surface area contributed by atoms with E-state index < -0.39 is 22.2 Å². The van der Waals surface area contributed by atoms with E-state index in [-0.39, 0.29) is 21.6 Å². The fraction of sp³-hybridized carbons (Fsp3) is 0.882. The Morgan fingerprint density at radius 3 is 2.10 bits per heavy atom. The molecule has 2 aliphatic carbocycles. The third-order valence-corrected chi connectivity index (χ3v) is 19.9. The van der Waals surface area contributed by atoms with Gasteiger partial charge >= 0.3 is 0 Å². The summed E-state index contributed by atoms with van der Waals surface area (Å²) in [6, 6.07) is 0. The predicted octanol–water partition coefficient (Wildman–Crippen LogP) is 9.73. The number of hydrogen-bond donors (Lipinski definition) is 1. The van der Waals surface area contributed by atoms with Crippen LogP contribution in [-0.4, -0.2) is 40.1 Å². The predicted molar refractivity (Wildman–Crippen MR) is 174 cm³/mol. The minimum atomic E-state index is -1.88. The molecular weight excluding hydrogens is 513 g/mol. The quantitative estimate of drug-likeness (QED) is 0.160. The average Bonchev–Trinajstić information content (AvgIpc) is 3.12. The molecule has 0 aromatic carbocycles. The second kappa shape index (κ2) is 12.5. The first-order valence-electron chi connectivity index (χ1n) is 15.8. The Morgan fingerprint density at radius 1 is 0.974 bits per heavy atom. The zero-order chi connectivity index (χ0) is 30.1. The van der Waals surface area contributed by atoms with Crippen LogP contribution in [0.4, 0.5) is 0 Å². The van der Waals surface area contributed by atoms with E-state index in [1.807, 2.05) is 13.8 Å².